The smallest absolute Gasteiger partial charge is 0.320 e. The average Bonchev–Trinajstić information content (AvgIpc) is 2.27. The highest BCUT2D eigenvalue weighted by Gasteiger charge is 2.70. The quantitative estimate of drug-likeness (QED) is 0.489. The van der Waals surface area contributed by atoms with Crippen molar-refractivity contribution in [3.05, 3.63) is 0 Å². The zero-order chi connectivity index (χ0) is 16.2. The van der Waals surface area contributed by atoms with Crippen molar-refractivity contribution in [1.82, 2.24) is 0 Å². The monoisotopic (exact) mass is 323 g/mol. The van der Waals surface area contributed by atoms with Crippen LogP contribution < -0.4 is 0 Å². The minimum atomic E-state index is -4.21. The van der Waals surface area contributed by atoms with E-state index < -0.39 is 19.3 Å². The Morgan fingerprint density at radius 2 is 1.50 bits per heavy atom. The molecule has 1 saturated carbocycles. The molecule has 1 aliphatic rings. The van der Waals surface area contributed by atoms with Gasteiger partial charge in [0.25, 0.3) is 0 Å². The molecule has 0 aliphatic heterocycles. The van der Waals surface area contributed by atoms with Crippen LogP contribution in [0.3, 0.4) is 0 Å². The van der Waals surface area contributed by atoms with Gasteiger partial charge in [-0.05, 0) is 17.8 Å². The third kappa shape index (κ3) is 2.18. The van der Waals surface area contributed by atoms with Crippen LogP contribution in [0.15, 0.2) is 5.16 Å². The predicted molar refractivity (Wildman–Crippen MR) is 83.3 cm³/mol. The molecule has 0 aromatic rings. The summed E-state index contributed by atoms with van der Waals surface area (Å²) in [6.45, 7) is 14.1. The van der Waals surface area contributed by atoms with E-state index in [0.717, 1.165) is 0 Å². The third-order valence-electron chi connectivity index (χ3n) is 5.82. The molecule has 1 rings (SSSR count). The summed E-state index contributed by atoms with van der Waals surface area (Å²) in [5.41, 5.74) is -0.408. The molecule has 7 heteroatoms. The van der Waals surface area contributed by atoms with Gasteiger partial charge in [0.05, 0.1) is 10.5 Å². The van der Waals surface area contributed by atoms with Crippen molar-refractivity contribution in [2.45, 2.75) is 53.2 Å². The lowest BCUT2D eigenvalue weighted by molar-refractivity contribution is 0.0532. The van der Waals surface area contributed by atoms with Crippen LogP contribution in [0.25, 0.3) is 0 Å². The van der Waals surface area contributed by atoms with Gasteiger partial charge >= 0.3 is 9.15 Å². The van der Waals surface area contributed by atoms with Crippen molar-refractivity contribution in [1.29, 1.82) is 0 Å². The summed E-state index contributed by atoms with van der Waals surface area (Å²) in [6, 6.07) is 0. The first-order valence-corrected chi connectivity index (χ1v) is 9.22. The fourth-order valence-corrected chi connectivity index (χ4v) is 6.59. The Hall–Kier alpha value is -0.270. The highest BCUT2D eigenvalue weighted by molar-refractivity contribution is 8.70. The van der Waals surface area contributed by atoms with E-state index in [-0.39, 0.29) is 10.8 Å². The van der Waals surface area contributed by atoms with Gasteiger partial charge in [-0.2, -0.15) is 8.42 Å². The summed E-state index contributed by atoms with van der Waals surface area (Å²) in [5.74, 6) is 0. The SMILES string of the molecule is CO/N=C1/C(C)(C)C(C)(C)C(C)(C)[C@@]1(C)SS(=O)(=O)O. The lowest BCUT2D eigenvalue weighted by atomic mass is 9.60. The zero-order valence-corrected chi connectivity index (χ0v) is 15.1. The van der Waals surface area contributed by atoms with Crippen LogP contribution in [0.4, 0.5) is 0 Å². The molecule has 5 nitrogen and oxygen atoms in total. The summed E-state index contributed by atoms with van der Waals surface area (Å²) in [7, 11) is -2.22. The molecule has 0 radical (unpaired) electrons. The summed E-state index contributed by atoms with van der Waals surface area (Å²) in [6.07, 6.45) is 0. The van der Waals surface area contributed by atoms with Gasteiger partial charge in [0.1, 0.15) is 7.11 Å². The van der Waals surface area contributed by atoms with E-state index in [1.165, 1.54) is 7.11 Å². The molecule has 1 fully saturated rings. The molecule has 20 heavy (non-hydrogen) atoms. The number of oxime groups is 1. The molecular formula is C13H25NO4S2. The van der Waals surface area contributed by atoms with E-state index in [9.17, 15) is 13.0 Å². The van der Waals surface area contributed by atoms with Gasteiger partial charge in [0, 0.05) is 16.2 Å². The van der Waals surface area contributed by atoms with Crippen LogP contribution in [0, 0.1) is 16.2 Å². The van der Waals surface area contributed by atoms with Gasteiger partial charge < -0.3 is 4.84 Å². The minimum Gasteiger partial charge on any atom is -0.399 e. The van der Waals surface area contributed by atoms with Crippen LogP contribution in [0.2, 0.25) is 0 Å². The van der Waals surface area contributed by atoms with Crippen molar-refractivity contribution in [2.24, 2.45) is 21.4 Å². The molecular weight excluding hydrogens is 298 g/mol. The normalized spacial score (nSPS) is 33.4. The Bertz CT molecular complexity index is 535. The fraction of sp³-hybridized carbons (Fsp3) is 0.923. The van der Waals surface area contributed by atoms with Gasteiger partial charge in [-0.15, -0.1) is 0 Å². The lowest BCUT2D eigenvalue weighted by Gasteiger charge is -2.46. The second-order valence-electron chi connectivity index (χ2n) is 7.04. The molecule has 0 bridgehead atoms. The largest absolute Gasteiger partial charge is 0.399 e. The first-order valence-electron chi connectivity index (χ1n) is 6.45. The Morgan fingerprint density at radius 3 is 1.85 bits per heavy atom. The topological polar surface area (TPSA) is 76.0 Å². The molecule has 118 valence electrons. The second-order valence-corrected chi connectivity index (χ2v) is 10.6. The van der Waals surface area contributed by atoms with Crippen molar-refractivity contribution in [3.63, 3.8) is 0 Å². The Morgan fingerprint density at radius 1 is 1.05 bits per heavy atom. The molecule has 0 unspecified atom stereocenters. The second kappa shape index (κ2) is 4.61. The standard InChI is InChI=1S/C13H25NO4S2/c1-10(2)9(14-18-8)13(7,19-20(15,16)17)12(5,6)11(10,3)4/h1-8H3,(H,15,16,17)/b14-9-/t13-/m0/s1. The fourth-order valence-electron chi connectivity index (χ4n) is 3.21. The molecule has 1 N–H and O–H groups in total. The van der Waals surface area contributed by atoms with E-state index in [4.69, 9.17) is 4.84 Å². The molecule has 1 atom stereocenters. The summed E-state index contributed by atoms with van der Waals surface area (Å²) in [4.78, 5) is 4.96. The highest BCUT2D eigenvalue weighted by atomic mass is 33.1. The average molecular weight is 323 g/mol. The minimum absolute atomic E-state index is 0.246. The zero-order valence-electron chi connectivity index (χ0n) is 13.4. The Labute approximate surface area is 125 Å². The Balaban J connectivity index is 3.67. The van der Waals surface area contributed by atoms with Crippen molar-refractivity contribution >= 4 is 25.7 Å². The summed E-state index contributed by atoms with van der Waals surface area (Å²) in [5, 5.41) is 4.13. The molecule has 0 heterocycles. The molecule has 0 saturated heterocycles. The third-order valence-corrected chi connectivity index (χ3v) is 8.70. The molecule has 0 spiro atoms. The summed E-state index contributed by atoms with van der Waals surface area (Å²) >= 11 is 0. The number of hydrogen-bond acceptors (Lipinski definition) is 5. The maximum absolute atomic E-state index is 11.5. The van der Waals surface area contributed by atoms with Gasteiger partial charge in [-0.25, -0.2) is 0 Å². The van der Waals surface area contributed by atoms with E-state index in [0.29, 0.717) is 16.5 Å². The molecule has 0 aromatic carbocycles. The first kappa shape index (κ1) is 17.8. The maximum Gasteiger partial charge on any atom is 0.320 e. The van der Waals surface area contributed by atoms with Crippen molar-refractivity contribution in [3.8, 4) is 0 Å². The van der Waals surface area contributed by atoms with E-state index in [1.807, 2.05) is 27.7 Å². The van der Waals surface area contributed by atoms with Crippen LogP contribution in [0.1, 0.15) is 48.5 Å². The molecule has 0 aromatic heterocycles. The predicted octanol–water partition coefficient (Wildman–Crippen LogP) is 3.38. The van der Waals surface area contributed by atoms with E-state index in [1.54, 1.807) is 6.92 Å². The summed E-state index contributed by atoms with van der Waals surface area (Å²) < 4.78 is 31.4. The van der Waals surface area contributed by atoms with Gasteiger partial charge in [-0.3, -0.25) is 4.55 Å². The van der Waals surface area contributed by atoms with Crippen LogP contribution in [-0.4, -0.2) is 30.5 Å². The van der Waals surface area contributed by atoms with Crippen LogP contribution in [-0.2, 0) is 14.0 Å². The van der Waals surface area contributed by atoms with Crippen LogP contribution in [0.5, 0.6) is 0 Å². The molecule has 1 aliphatic carbocycles. The molecule has 0 amide bonds. The van der Waals surface area contributed by atoms with E-state index >= 15 is 0 Å². The highest BCUT2D eigenvalue weighted by Crippen LogP contribution is 2.69. The Kier molecular flexibility index (Phi) is 4.10. The lowest BCUT2D eigenvalue weighted by Crippen LogP contribution is -2.45. The maximum atomic E-state index is 11.5. The van der Waals surface area contributed by atoms with Crippen molar-refractivity contribution in [2.75, 3.05) is 7.11 Å². The first-order chi connectivity index (χ1) is 8.65. The van der Waals surface area contributed by atoms with Gasteiger partial charge in [0.2, 0.25) is 0 Å². The van der Waals surface area contributed by atoms with E-state index in [2.05, 4.69) is 19.0 Å². The number of hydrogen-bond donors (Lipinski definition) is 1. The van der Waals surface area contributed by atoms with Gasteiger partial charge in [0.15, 0.2) is 0 Å². The number of rotatable bonds is 3. The van der Waals surface area contributed by atoms with Crippen molar-refractivity contribution < 1.29 is 17.8 Å². The van der Waals surface area contributed by atoms with Gasteiger partial charge in [-0.1, -0.05) is 46.7 Å². The number of nitrogens with zero attached hydrogens (tertiary/aromatic N) is 1. The van der Waals surface area contributed by atoms with Crippen LogP contribution >= 0.6 is 10.8 Å².